The monoisotopic (exact) mass is 290 g/mol. The standard InChI is InChI=1S/C10H14N2O4S2/c1-18(15,16)8-7-9(12(13)14)17-10(8)11-5-3-2-4-6-11/h7H,2-6H2,1H3. The third-order valence-corrected chi connectivity index (χ3v) is 5.28. The summed E-state index contributed by atoms with van der Waals surface area (Å²) in [7, 11) is -3.43. The lowest BCUT2D eigenvalue weighted by atomic mass is 10.1. The Labute approximate surface area is 109 Å². The highest BCUT2D eigenvalue weighted by Gasteiger charge is 2.27. The molecule has 0 radical (unpaired) electrons. The Morgan fingerprint density at radius 3 is 2.44 bits per heavy atom. The Morgan fingerprint density at radius 2 is 1.94 bits per heavy atom. The summed E-state index contributed by atoms with van der Waals surface area (Å²) < 4.78 is 23.4. The minimum Gasteiger partial charge on any atom is -0.362 e. The van der Waals surface area contributed by atoms with Crippen molar-refractivity contribution in [3.63, 3.8) is 0 Å². The molecule has 2 heterocycles. The highest BCUT2D eigenvalue weighted by atomic mass is 32.2. The number of hydrogen-bond acceptors (Lipinski definition) is 6. The minimum atomic E-state index is -3.43. The van der Waals surface area contributed by atoms with Crippen LogP contribution in [-0.4, -0.2) is 32.7 Å². The first-order chi connectivity index (χ1) is 8.39. The van der Waals surface area contributed by atoms with Gasteiger partial charge in [0.15, 0.2) is 9.84 Å². The Kier molecular flexibility index (Phi) is 3.58. The quantitative estimate of drug-likeness (QED) is 0.628. The van der Waals surface area contributed by atoms with E-state index in [9.17, 15) is 18.5 Å². The van der Waals surface area contributed by atoms with Crippen LogP contribution < -0.4 is 4.90 Å². The smallest absolute Gasteiger partial charge is 0.327 e. The number of hydrogen-bond donors (Lipinski definition) is 0. The van der Waals surface area contributed by atoms with Crippen LogP contribution in [0.2, 0.25) is 0 Å². The number of nitrogens with zero attached hydrogens (tertiary/aromatic N) is 2. The van der Waals surface area contributed by atoms with E-state index in [2.05, 4.69) is 0 Å². The number of thiophene rings is 1. The van der Waals surface area contributed by atoms with Gasteiger partial charge in [-0.25, -0.2) is 8.42 Å². The molecule has 0 aliphatic carbocycles. The molecule has 100 valence electrons. The first-order valence-electron chi connectivity index (χ1n) is 5.63. The second-order valence-corrected chi connectivity index (χ2v) is 7.32. The van der Waals surface area contributed by atoms with Crippen molar-refractivity contribution in [3.05, 3.63) is 16.2 Å². The third-order valence-electron chi connectivity index (χ3n) is 2.89. The Morgan fingerprint density at radius 1 is 1.33 bits per heavy atom. The number of sulfone groups is 1. The predicted octanol–water partition coefficient (Wildman–Crippen LogP) is 2.05. The van der Waals surface area contributed by atoms with E-state index in [1.807, 2.05) is 4.90 Å². The van der Waals surface area contributed by atoms with Gasteiger partial charge >= 0.3 is 5.00 Å². The van der Waals surface area contributed by atoms with Gasteiger partial charge < -0.3 is 4.90 Å². The number of anilines is 1. The Bertz CT molecular complexity index is 558. The van der Waals surface area contributed by atoms with Crippen LogP contribution in [0.4, 0.5) is 10.0 Å². The van der Waals surface area contributed by atoms with Gasteiger partial charge in [0, 0.05) is 25.4 Å². The maximum atomic E-state index is 11.7. The van der Waals surface area contributed by atoms with E-state index in [-0.39, 0.29) is 9.90 Å². The van der Waals surface area contributed by atoms with Crippen molar-refractivity contribution in [2.75, 3.05) is 24.2 Å². The van der Waals surface area contributed by atoms with Crippen molar-refractivity contribution in [1.29, 1.82) is 0 Å². The van der Waals surface area contributed by atoms with Crippen LogP contribution in [0.1, 0.15) is 19.3 Å². The Balaban J connectivity index is 2.46. The van der Waals surface area contributed by atoms with Crippen LogP contribution >= 0.6 is 11.3 Å². The molecule has 1 saturated heterocycles. The van der Waals surface area contributed by atoms with Crippen molar-refractivity contribution >= 4 is 31.2 Å². The average molecular weight is 290 g/mol. The molecule has 1 fully saturated rings. The summed E-state index contributed by atoms with van der Waals surface area (Å²) in [5.41, 5.74) is 0. The van der Waals surface area contributed by atoms with Crippen LogP contribution in [-0.2, 0) is 9.84 Å². The summed E-state index contributed by atoms with van der Waals surface area (Å²) in [5.74, 6) is 0. The van der Waals surface area contributed by atoms with Crippen molar-refractivity contribution < 1.29 is 13.3 Å². The maximum absolute atomic E-state index is 11.7. The van der Waals surface area contributed by atoms with Crippen molar-refractivity contribution in [2.24, 2.45) is 0 Å². The van der Waals surface area contributed by atoms with Crippen LogP contribution in [0.15, 0.2) is 11.0 Å². The van der Waals surface area contributed by atoms with Gasteiger partial charge in [0.1, 0.15) is 9.90 Å². The van der Waals surface area contributed by atoms with Gasteiger partial charge in [-0.2, -0.15) is 0 Å². The van der Waals surface area contributed by atoms with E-state index < -0.39 is 14.8 Å². The molecule has 0 saturated carbocycles. The molecule has 0 aromatic carbocycles. The van der Waals surface area contributed by atoms with Gasteiger partial charge in [0.2, 0.25) is 0 Å². The lowest BCUT2D eigenvalue weighted by Crippen LogP contribution is -2.29. The summed E-state index contributed by atoms with van der Waals surface area (Å²) in [6, 6.07) is 1.17. The molecule has 6 nitrogen and oxygen atoms in total. The lowest BCUT2D eigenvalue weighted by molar-refractivity contribution is -0.380. The van der Waals surface area contributed by atoms with Gasteiger partial charge in [-0.1, -0.05) is 0 Å². The molecule has 18 heavy (non-hydrogen) atoms. The van der Waals surface area contributed by atoms with Crippen LogP contribution in [0.3, 0.4) is 0 Å². The van der Waals surface area contributed by atoms with Gasteiger partial charge in [-0.15, -0.1) is 0 Å². The maximum Gasteiger partial charge on any atom is 0.327 e. The molecular formula is C10H14N2O4S2. The summed E-state index contributed by atoms with van der Waals surface area (Å²) in [5, 5.41) is 11.2. The fourth-order valence-corrected chi connectivity index (χ4v) is 4.37. The Hall–Kier alpha value is -1.15. The molecule has 0 amide bonds. The molecule has 0 spiro atoms. The molecule has 0 atom stereocenters. The minimum absolute atomic E-state index is 0.0844. The second kappa shape index (κ2) is 4.85. The van der Waals surface area contributed by atoms with Gasteiger partial charge in [-0.05, 0) is 30.6 Å². The second-order valence-electron chi connectivity index (χ2n) is 4.33. The molecule has 8 heteroatoms. The topological polar surface area (TPSA) is 80.5 Å². The van der Waals surface area contributed by atoms with E-state index >= 15 is 0 Å². The molecular weight excluding hydrogens is 276 g/mol. The van der Waals surface area contributed by atoms with Gasteiger partial charge in [-0.3, -0.25) is 10.1 Å². The third kappa shape index (κ3) is 2.64. The van der Waals surface area contributed by atoms with Crippen molar-refractivity contribution in [1.82, 2.24) is 0 Å². The molecule has 0 bridgehead atoms. The summed E-state index contributed by atoms with van der Waals surface area (Å²) >= 11 is 0.949. The molecule has 1 aliphatic rings. The molecule has 0 N–H and O–H groups in total. The van der Waals surface area contributed by atoms with Crippen molar-refractivity contribution in [2.45, 2.75) is 24.2 Å². The fourth-order valence-electron chi connectivity index (χ4n) is 2.03. The average Bonchev–Trinajstić information content (AvgIpc) is 2.74. The highest BCUT2D eigenvalue weighted by molar-refractivity contribution is 7.91. The zero-order valence-corrected chi connectivity index (χ0v) is 11.6. The summed E-state index contributed by atoms with van der Waals surface area (Å²) in [4.78, 5) is 12.3. The zero-order valence-electron chi connectivity index (χ0n) is 9.96. The van der Waals surface area contributed by atoms with Crippen LogP contribution in [0.25, 0.3) is 0 Å². The molecule has 1 aromatic rings. The summed E-state index contributed by atoms with van der Waals surface area (Å²) in [6.45, 7) is 1.53. The van der Waals surface area contributed by atoms with E-state index in [0.29, 0.717) is 5.00 Å². The van der Waals surface area contributed by atoms with Gasteiger partial charge in [0.05, 0.1) is 4.92 Å². The molecule has 0 unspecified atom stereocenters. The predicted molar refractivity (Wildman–Crippen MR) is 70.1 cm³/mol. The van der Waals surface area contributed by atoms with E-state index in [0.717, 1.165) is 49.9 Å². The normalized spacial score (nSPS) is 16.8. The zero-order chi connectivity index (χ0) is 13.3. The fraction of sp³-hybridized carbons (Fsp3) is 0.600. The van der Waals surface area contributed by atoms with Crippen LogP contribution in [0, 0.1) is 10.1 Å². The first-order valence-corrected chi connectivity index (χ1v) is 8.33. The largest absolute Gasteiger partial charge is 0.362 e. The number of rotatable bonds is 3. The molecule has 1 aliphatic heterocycles. The highest BCUT2D eigenvalue weighted by Crippen LogP contribution is 2.40. The van der Waals surface area contributed by atoms with Crippen LogP contribution in [0.5, 0.6) is 0 Å². The number of nitro groups is 1. The first kappa shape index (κ1) is 13.3. The van der Waals surface area contributed by atoms with E-state index in [4.69, 9.17) is 0 Å². The molecule has 2 rings (SSSR count). The van der Waals surface area contributed by atoms with E-state index in [1.165, 1.54) is 6.07 Å². The SMILES string of the molecule is CS(=O)(=O)c1cc([N+](=O)[O-])sc1N1CCCCC1. The summed E-state index contributed by atoms with van der Waals surface area (Å²) in [6.07, 6.45) is 4.20. The van der Waals surface area contributed by atoms with Crippen molar-refractivity contribution in [3.8, 4) is 0 Å². The van der Waals surface area contributed by atoms with Gasteiger partial charge in [0.25, 0.3) is 0 Å². The van der Waals surface area contributed by atoms with E-state index in [1.54, 1.807) is 0 Å². The lowest BCUT2D eigenvalue weighted by Gasteiger charge is -2.27. The molecule has 1 aromatic heterocycles. The number of piperidine rings is 1.